The van der Waals surface area contributed by atoms with Crippen LogP contribution in [0.5, 0.6) is 11.5 Å². The second-order valence-corrected chi connectivity index (χ2v) is 5.97. The van der Waals surface area contributed by atoms with Crippen molar-refractivity contribution in [3.8, 4) is 11.5 Å². The van der Waals surface area contributed by atoms with Gasteiger partial charge in [-0.05, 0) is 23.8 Å². The molecule has 0 fully saturated rings. The highest BCUT2D eigenvalue weighted by Gasteiger charge is 2.47. The average Bonchev–Trinajstić information content (AvgIpc) is 2.65. The first-order valence-electron chi connectivity index (χ1n) is 7.84. The number of rotatable bonds is 0. The predicted octanol–water partition coefficient (Wildman–Crippen LogP) is 3.33. The van der Waals surface area contributed by atoms with E-state index in [2.05, 4.69) is 10.9 Å². The topological polar surface area (TPSA) is 50.4 Å². The van der Waals surface area contributed by atoms with Gasteiger partial charge in [-0.25, -0.2) is 5.43 Å². The van der Waals surface area contributed by atoms with Crippen molar-refractivity contribution in [2.75, 3.05) is 0 Å². The van der Waals surface area contributed by atoms with Crippen molar-refractivity contribution >= 4 is 5.91 Å². The second-order valence-electron chi connectivity index (χ2n) is 5.97. The van der Waals surface area contributed by atoms with Gasteiger partial charge in [0.15, 0.2) is 0 Å². The van der Waals surface area contributed by atoms with E-state index in [1.165, 1.54) is 0 Å². The van der Waals surface area contributed by atoms with Gasteiger partial charge in [-0.2, -0.15) is 0 Å². The van der Waals surface area contributed by atoms with Gasteiger partial charge in [0.2, 0.25) is 0 Å². The fourth-order valence-electron chi connectivity index (χ4n) is 3.71. The molecule has 24 heavy (non-hydrogen) atoms. The van der Waals surface area contributed by atoms with E-state index in [1.54, 1.807) is 0 Å². The Hall–Kier alpha value is -3.11. The van der Waals surface area contributed by atoms with E-state index in [1.807, 2.05) is 72.8 Å². The van der Waals surface area contributed by atoms with Crippen molar-refractivity contribution in [1.82, 2.24) is 10.9 Å². The molecule has 2 heterocycles. The lowest BCUT2D eigenvalue weighted by Gasteiger charge is -2.44. The maximum atomic E-state index is 12.3. The van der Waals surface area contributed by atoms with E-state index in [4.69, 9.17) is 4.74 Å². The van der Waals surface area contributed by atoms with Crippen molar-refractivity contribution in [2.45, 2.75) is 5.54 Å². The molecule has 1 spiro atoms. The summed E-state index contributed by atoms with van der Waals surface area (Å²) >= 11 is 0. The van der Waals surface area contributed by atoms with Gasteiger partial charge in [-0.15, -0.1) is 0 Å². The van der Waals surface area contributed by atoms with Crippen molar-refractivity contribution < 1.29 is 9.53 Å². The van der Waals surface area contributed by atoms with Gasteiger partial charge < -0.3 is 4.74 Å². The van der Waals surface area contributed by atoms with Gasteiger partial charge in [0, 0.05) is 16.7 Å². The fourth-order valence-corrected chi connectivity index (χ4v) is 3.71. The van der Waals surface area contributed by atoms with Crippen molar-refractivity contribution in [1.29, 1.82) is 0 Å². The molecule has 2 aliphatic heterocycles. The van der Waals surface area contributed by atoms with E-state index < -0.39 is 5.54 Å². The first kappa shape index (κ1) is 13.3. The lowest BCUT2D eigenvalue weighted by molar-refractivity contribution is 0.0894. The zero-order valence-electron chi connectivity index (χ0n) is 12.7. The summed E-state index contributed by atoms with van der Waals surface area (Å²) in [5, 5.41) is 0. The number of carbonyl (C=O) groups is 1. The summed E-state index contributed by atoms with van der Waals surface area (Å²) in [5.41, 5.74) is 9.00. The minimum absolute atomic E-state index is 0.127. The monoisotopic (exact) mass is 314 g/mol. The Labute approximate surface area is 139 Å². The summed E-state index contributed by atoms with van der Waals surface area (Å²) in [5.74, 6) is 1.45. The van der Waals surface area contributed by atoms with Gasteiger partial charge >= 0.3 is 0 Å². The smallest absolute Gasteiger partial charge is 0.265 e. The highest BCUT2D eigenvalue weighted by molar-refractivity contribution is 5.98. The van der Waals surface area contributed by atoms with Crippen LogP contribution in [0.15, 0.2) is 72.8 Å². The Morgan fingerprint density at radius 2 is 1.25 bits per heavy atom. The van der Waals surface area contributed by atoms with E-state index >= 15 is 0 Å². The van der Waals surface area contributed by atoms with Crippen LogP contribution in [0.25, 0.3) is 0 Å². The lowest BCUT2D eigenvalue weighted by Crippen LogP contribution is -2.58. The van der Waals surface area contributed by atoms with Gasteiger partial charge in [0.25, 0.3) is 5.91 Å². The van der Waals surface area contributed by atoms with E-state index in [0.29, 0.717) is 5.56 Å². The quantitative estimate of drug-likeness (QED) is 0.669. The predicted molar refractivity (Wildman–Crippen MR) is 89.9 cm³/mol. The molecule has 1 amide bonds. The zero-order chi connectivity index (χ0) is 16.1. The molecular weight excluding hydrogens is 300 g/mol. The molecular formula is C20H14N2O2. The first-order valence-corrected chi connectivity index (χ1v) is 7.84. The number of hydrazine groups is 1. The Morgan fingerprint density at radius 1 is 0.708 bits per heavy atom. The summed E-state index contributed by atoms with van der Waals surface area (Å²) < 4.78 is 6.09. The molecule has 0 radical (unpaired) electrons. The molecule has 3 aromatic carbocycles. The molecule has 0 saturated carbocycles. The molecule has 2 aliphatic rings. The minimum Gasteiger partial charge on any atom is -0.457 e. The number of nitrogens with one attached hydrogen (secondary N) is 2. The lowest BCUT2D eigenvalue weighted by atomic mass is 9.73. The highest BCUT2D eigenvalue weighted by Crippen LogP contribution is 2.51. The number of amides is 1. The third kappa shape index (κ3) is 1.58. The normalized spacial score (nSPS) is 16.4. The van der Waals surface area contributed by atoms with Crippen LogP contribution in [0.3, 0.4) is 0 Å². The van der Waals surface area contributed by atoms with Gasteiger partial charge in [-0.1, -0.05) is 54.6 Å². The van der Waals surface area contributed by atoms with Gasteiger partial charge in [0.1, 0.15) is 17.0 Å². The summed E-state index contributed by atoms with van der Waals surface area (Å²) in [6.07, 6.45) is 0. The number of carbonyl (C=O) groups excluding carboxylic acids is 1. The number of hydrogen-bond acceptors (Lipinski definition) is 3. The van der Waals surface area contributed by atoms with E-state index in [9.17, 15) is 4.79 Å². The van der Waals surface area contributed by atoms with Crippen LogP contribution in [0.4, 0.5) is 0 Å². The number of para-hydroxylation sites is 2. The Balaban J connectivity index is 1.92. The average molecular weight is 314 g/mol. The van der Waals surface area contributed by atoms with Crippen LogP contribution in [-0.4, -0.2) is 5.91 Å². The number of fused-ring (bicyclic) bond motifs is 6. The van der Waals surface area contributed by atoms with Crippen LogP contribution in [-0.2, 0) is 5.54 Å². The van der Waals surface area contributed by atoms with Crippen molar-refractivity contribution in [3.05, 3.63) is 95.1 Å². The maximum absolute atomic E-state index is 12.3. The number of ether oxygens (including phenoxy) is 1. The molecule has 0 atom stereocenters. The molecule has 116 valence electrons. The van der Waals surface area contributed by atoms with Gasteiger partial charge in [-0.3, -0.25) is 10.2 Å². The van der Waals surface area contributed by atoms with Crippen LogP contribution >= 0.6 is 0 Å². The number of hydrogen-bond donors (Lipinski definition) is 2. The Bertz CT molecular complexity index is 935. The largest absolute Gasteiger partial charge is 0.457 e. The second kappa shape index (κ2) is 4.69. The molecule has 4 nitrogen and oxygen atoms in total. The Kier molecular flexibility index (Phi) is 2.61. The van der Waals surface area contributed by atoms with Crippen LogP contribution in [0.1, 0.15) is 27.0 Å². The third-order valence-electron chi connectivity index (χ3n) is 4.74. The molecule has 2 N–H and O–H groups in total. The first-order chi connectivity index (χ1) is 11.8. The SMILES string of the molecule is O=C1NNC2(c3ccccc3Oc3ccccc32)c2ccccc21. The molecule has 5 rings (SSSR count). The maximum Gasteiger partial charge on any atom is 0.265 e. The van der Waals surface area contributed by atoms with E-state index in [0.717, 1.165) is 28.2 Å². The fraction of sp³-hybridized carbons (Fsp3) is 0.0500. The summed E-state index contributed by atoms with van der Waals surface area (Å²) in [4.78, 5) is 12.3. The van der Waals surface area contributed by atoms with Crippen LogP contribution < -0.4 is 15.6 Å². The summed E-state index contributed by atoms with van der Waals surface area (Å²) in [6, 6.07) is 23.5. The number of benzene rings is 3. The third-order valence-corrected chi connectivity index (χ3v) is 4.74. The molecule has 3 aromatic rings. The zero-order valence-corrected chi connectivity index (χ0v) is 12.7. The summed E-state index contributed by atoms with van der Waals surface area (Å²) in [6.45, 7) is 0. The van der Waals surface area contributed by atoms with Gasteiger partial charge in [0.05, 0.1) is 0 Å². The van der Waals surface area contributed by atoms with Crippen molar-refractivity contribution in [3.63, 3.8) is 0 Å². The van der Waals surface area contributed by atoms with Crippen LogP contribution in [0, 0.1) is 0 Å². The molecule has 0 aromatic heterocycles. The van der Waals surface area contributed by atoms with E-state index in [-0.39, 0.29) is 5.91 Å². The molecule has 0 aliphatic carbocycles. The highest BCUT2D eigenvalue weighted by atomic mass is 16.5. The van der Waals surface area contributed by atoms with Crippen LogP contribution in [0.2, 0.25) is 0 Å². The molecule has 4 heteroatoms. The summed E-state index contributed by atoms with van der Waals surface area (Å²) in [7, 11) is 0. The minimum atomic E-state index is -0.671. The molecule has 0 unspecified atom stereocenters. The Morgan fingerprint density at radius 3 is 1.92 bits per heavy atom. The molecule has 0 bridgehead atoms. The molecule has 0 saturated heterocycles. The standard InChI is InChI=1S/C20H14N2O2/c23-19-13-7-1-2-8-14(13)20(22-21-19)15-9-3-5-11-17(15)24-18-12-6-4-10-16(18)20/h1-12,22H,(H,21,23). The van der Waals surface area contributed by atoms with Crippen molar-refractivity contribution in [2.24, 2.45) is 0 Å².